The van der Waals surface area contributed by atoms with E-state index in [0.29, 0.717) is 35.7 Å². The molecule has 2 aromatic carbocycles. The monoisotopic (exact) mass is 417 g/mol. The molecule has 1 fully saturated rings. The summed E-state index contributed by atoms with van der Waals surface area (Å²) >= 11 is 0. The minimum atomic E-state index is -0.257. The van der Waals surface area contributed by atoms with Crippen LogP contribution in [0.25, 0.3) is 0 Å². The minimum Gasteiger partial charge on any atom is -0.492 e. The molecule has 0 aliphatic carbocycles. The fraction of sp³-hybridized carbons (Fsp3) is 0.364. The van der Waals surface area contributed by atoms with Gasteiger partial charge >= 0.3 is 0 Å². The van der Waals surface area contributed by atoms with E-state index in [1.165, 1.54) is 0 Å². The number of nitrogens with zero attached hydrogens (tertiary/aromatic N) is 1. The first-order chi connectivity index (χ1) is 13.6. The molecule has 1 heterocycles. The smallest absolute Gasteiger partial charge is 0.255 e. The van der Waals surface area contributed by atoms with Crippen LogP contribution in [0.4, 0.5) is 5.69 Å². The molecule has 156 valence electrons. The largest absolute Gasteiger partial charge is 0.492 e. The molecule has 0 aromatic heterocycles. The minimum absolute atomic E-state index is 0. The number of nitrogens with two attached hydrogens (primary N) is 1. The molecule has 0 bridgehead atoms. The van der Waals surface area contributed by atoms with E-state index < -0.39 is 0 Å². The lowest BCUT2D eigenvalue weighted by atomic mass is 10.1. The Kier molecular flexibility index (Phi) is 8.49. The molecule has 2 aromatic rings. The van der Waals surface area contributed by atoms with Crippen molar-refractivity contribution < 1.29 is 14.3 Å². The molecular weight excluding hydrogens is 390 g/mol. The molecule has 0 unspecified atom stereocenters. The number of carbonyl (C=O) groups is 2. The molecule has 2 amide bonds. The molecule has 0 radical (unpaired) electrons. The highest BCUT2D eigenvalue weighted by Gasteiger charge is 2.20. The van der Waals surface area contributed by atoms with Crippen LogP contribution in [0.1, 0.15) is 52.5 Å². The predicted molar refractivity (Wildman–Crippen MR) is 117 cm³/mol. The van der Waals surface area contributed by atoms with Gasteiger partial charge in [0, 0.05) is 30.8 Å². The van der Waals surface area contributed by atoms with Crippen LogP contribution in [-0.4, -0.2) is 36.4 Å². The van der Waals surface area contributed by atoms with Gasteiger partial charge in [0.2, 0.25) is 0 Å². The zero-order valence-electron chi connectivity index (χ0n) is 16.6. The Morgan fingerprint density at radius 1 is 1.03 bits per heavy atom. The fourth-order valence-corrected chi connectivity index (χ4v) is 3.31. The van der Waals surface area contributed by atoms with E-state index in [1.54, 1.807) is 30.3 Å². The van der Waals surface area contributed by atoms with Gasteiger partial charge in [0.05, 0.1) is 12.3 Å². The van der Waals surface area contributed by atoms with Crippen LogP contribution in [0, 0.1) is 0 Å². The van der Waals surface area contributed by atoms with Gasteiger partial charge in [0.15, 0.2) is 0 Å². The molecule has 3 N–H and O–H groups in total. The first-order valence-electron chi connectivity index (χ1n) is 9.79. The number of rotatable bonds is 6. The first-order valence-corrected chi connectivity index (χ1v) is 9.79. The number of halogens is 1. The third-order valence-electron chi connectivity index (χ3n) is 4.87. The van der Waals surface area contributed by atoms with Crippen LogP contribution in [0.2, 0.25) is 0 Å². The maximum Gasteiger partial charge on any atom is 0.255 e. The molecule has 0 saturated carbocycles. The Labute approximate surface area is 177 Å². The second kappa shape index (κ2) is 10.8. The molecule has 1 aliphatic rings. The third kappa shape index (κ3) is 5.71. The van der Waals surface area contributed by atoms with Crippen molar-refractivity contribution in [2.45, 2.75) is 32.7 Å². The first kappa shape index (κ1) is 22.7. The number of likely N-dealkylation sites (tertiary alicyclic amines) is 1. The molecular formula is C22H28ClN3O3. The van der Waals surface area contributed by atoms with Crippen molar-refractivity contribution in [1.29, 1.82) is 0 Å². The molecule has 29 heavy (non-hydrogen) atoms. The quantitative estimate of drug-likeness (QED) is 0.747. The summed E-state index contributed by atoms with van der Waals surface area (Å²) in [6, 6.07) is 12.3. The number of piperidine rings is 1. The lowest BCUT2D eigenvalue weighted by Crippen LogP contribution is -2.35. The molecule has 1 aliphatic heterocycles. The number of amides is 2. The van der Waals surface area contributed by atoms with E-state index in [1.807, 2.05) is 24.0 Å². The van der Waals surface area contributed by atoms with Gasteiger partial charge in [-0.2, -0.15) is 0 Å². The van der Waals surface area contributed by atoms with Crippen LogP contribution >= 0.6 is 12.4 Å². The Bertz CT molecular complexity index is 834. The molecule has 0 atom stereocenters. The van der Waals surface area contributed by atoms with Crippen molar-refractivity contribution in [2.24, 2.45) is 5.73 Å². The van der Waals surface area contributed by atoms with E-state index in [4.69, 9.17) is 10.5 Å². The van der Waals surface area contributed by atoms with Crippen LogP contribution < -0.4 is 15.8 Å². The van der Waals surface area contributed by atoms with Crippen molar-refractivity contribution >= 4 is 29.9 Å². The van der Waals surface area contributed by atoms with Crippen molar-refractivity contribution in [2.75, 3.05) is 25.0 Å². The van der Waals surface area contributed by atoms with Crippen molar-refractivity contribution in [3.63, 3.8) is 0 Å². The third-order valence-corrected chi connectivity index (χ3v) is 4.87. The van der Waals surface area contributed by atoms with Gasteiger partial charge in [-0.05, 0) is 62.1 Å². The molecule has 7 heteroatoms. The standard InChI is InChI=1S/C22H27N3O3.ClH/c1-2-28-20-11-10-18(22(27)25-12-4-3-5-13-25)14-19(20)24-21(26)17-8-6-16(15-23)7-9-17;/h6-11,14H,2-5,12-13,15,23H2,1H3,(H,24,26);1H. The summed E-state index contributed by atoms with van der Waals surface area (Å²) in [6.45, 7) is 4.33. The molecule has 3 rings (SSSR count). The number of hydrogen-bond acceptors (Lipinski definition) is 4. The fourth-order valence-electron chi connectivity index (χ4n) is 3.31. The number of carbonyl (C=O) groups excluding carboxylic acids is 2. The number of nitrogens with one attached hydrogen (secondary N) is 1. The van der Waals surface area contributed by atoms with Crippen LogP contribution in [-0.2, 0) is 6.54 Å². The van der Waals surface area contributed by atoms with Gasteiger partial charge in [0.25, 0.3) is 11.8 Å². The van der Waals surface area contributed by atoms with Gasteiger partial charge < -0.3 is 20.7 Å². The second-order valence-corrected chi connectivity index (χ2v) is 6.85. The Balaban J connectivity index is 0.00000300. The number of benzene rings is 2. The predicted octanol–water partition coefficient (Wildman–Crippen LogP) is 3.84. The highest BCUT2D eigenvalue weighted by molar-refractivity contribution is 6.06. The summed E-state index contributed by atoms with van der Waals surface area (Å²) in [5, 5.41) is 2.88. The van der Waals surface area contributed by atoms with Gasteiger partial charge in [-0.3, -0.25) is 9.59 Å². The SMILES string of the molecule is CCOc1ccc(C(=O)N2CCCCC2)cc1NC(=O)c1ccc(CN)cc1.Cl. The summed E-state index contributed by atoms with van der Waals surface area (Å²) in [4.78, 5) is 27.3. The average Bonchev–Trinajstić information content (AvgIpc) is 2.75. The highest BCUT2D eigenvalue weighted by atomic mass is 35.5. The summed E-state index contributed by atoms with van der Waals surface area (Å²) in [6.07, 6.45) is 3.23. The summed E-state index contributed by atoms with van der Waals surface area (Å²) in [5.74, 6) is 0.280. The van der Waals surface area contributed by atoms with Crippen molar-refractivity contribution in [3.8, 4) is 5.75 Å². The Morgan fingerprint density at radius 3 is 2.31 bits per heavy atom. The lowest BCUT2D eigenvalue weighted by Gasteiger charge is -2.27. The van der Waals surface area contributed by atoms with Crippen LogP contribution in [0.5, 0.6) is 5.75 Å². The highest BCUT2D eigenvalue weighted by Crippen LogP contribution is 2.28. The summed E-state index contributed by atoms with van der Waals surface area (Å²) < 4.78 is 5.63. The zero-order chi connectivity index (χ0) is 19.9. The number of ether oxygens (including phenoxy) is 1. The van der Waals surface area contributed by atoms with Crippen molar-refractivity contribution in [3.05, 3.63) is 59.2 Å². The summed E-state index contributed by atoms with van der Waals surface area (Å²) in [7, 11) is 0. The molecule has 6 nitrogen and oxygen atoms in total. The second-order valence-electron chi connectivity index (χ2n) is 6.85. The van der Waals surface area contributed by atoms with E-state index in [9.17, 15) is 9.59 Å². The van der Waals surface area contributed by atoms with Crippen molar-refractivity contribution in [1.82, 2.24) is 4.90 Å². The Morgan fingerprint density at radius 2 is 1.69 bits per heavy atom. The molecule has 1 saturated heterocycles. The Hall–Kier alpha value is -2.57. The zero-order valence-corrected chi connectivity index (χ0v) is 17.5. The van der Waals surface area contributed by atoms with Crippen LogP contribution in [0.15, 0.2) is 42.5 Å². The normalized spacial score (nSPS) is 13.4. The number of anilines is 1. The lowest BCUT2D eigenvalue weighted by molar-refractivity contribution is 0.0724. The number of hydrogen-bond donors (Lipinski definition) is 2. The van der Waals surface area contributed by atoms with Gasteiger partial charge in [-0.25, -0.2) is 0 Å². The van der Waals surface area contributed by atoms with E-state index >= 15 is 0 Å². The van der Waals surface area contributed by atoms with E-state index in [0.717, 1.165) is 37.9 Å². The molecule has 0 spiro atoms. The topological polar surface area (TPSA) is 84.7 Å². The summed E-state index contributed by atoms with van der Waals surface area (Å²) in [5.41, 5.74) is 8.14. The van der Waals surface area contributed by atoms with Gasteiger partial charge in [-0.15, -0.1) is 12.4 Å². The average molecular weight is 418 g/mol. The van der Waals surface area contributed by atoms with Crippen LogP contribution in [0.3, 0.4) is 0 Å². The maximum atomic E-state index is 12.8. The van der Waals surface area contributed by atoms with Gasteiger partial charge in [-0.1, -0.05) is 12.1 Å². The van der Waals surface area contributed by atoms with E-state index in [2.05, 4.69) is 5.32 Å². The maximum absolute atomic E-state index is 12.8. The van der Waals surface area contributed by atoms with E-state index in [-0.39, 0.29) is 24.2 Å². The van der Waals surface area contributed by atoms with Gasteiger partial charge in [0.1, 0.15) is 5.75 Å².